The second-order valence-corrected chi connectivity index (χ2v) is 4.18. The normalized spacial score (nSPS) is 9.95. The van der Waals surface area contributed by atoms with Crippen molar-refractivity contribution >= 4 is 17.6 Å². The first-order valence-electron chi connectivity index (χ1n) is 6.06. The largest absolute Gasteiger partial charge is 0.484 e. The minimum absolute atomic E-state index is 0.129. The van der Waals surface area contributed by atoms with E-state index in [2.05, 4.69) is 5.32 Å². The van der Waals surface area contributed by atoms with Crippen molar-refractivity contribution in [3.63, 3.8) is 0 Å². The first-order valence-corrected chi connectivity index (χ1v) is 6.06. The van der Waals surface area contributed by atoms with Crippen molar-refractivity contribution in [3.05, 3.63) is 59.9 Å². The van der Waals surface area contributed by atoms with Gasteiger partial charge in [0.2, 0.25) is 0 Å². The number of rotatable bonds is 5. The van der Waals surface area contributed by atoms with Gasteiger partial charge in [-0.25, -0.2) is 9.18 Å². The van der Waals surface area contributed by atoms with Gasteiger partial charge < -0.3 is 15.2 Å². The molecule has 2 rings (SSSR count). The Hall–Kier alpha value is -2.89. The Morgan fingerprint density at radius 2 is 1.86 bits per heavy atom. The molecule has 5 nitrogen and oxygen atoms in total. The highest BCUT2D eigenvalue weighted by atomic mass is 19.1. The minimum Gasteiger partial charge on any atom is -0.484 e. The van der Waals surface area contributed by atoms with Crippen LogP contribution >= 0.6 is 0 Å². The van der Waals surface area contributed by atoms with E-state index in [1.54, 1.807) is 0 Å². The second kappa shape index (κ2) is 6.51. The highest BCUT2D eigenvalue weighted by Gasteiger charge is 2.06. The number of carbonyl (C=O) groups is 2. The van der Waals surface area contributed by atoms with Crippen LogP contribution in [-0.2, 0) is 4.79 Å². The summed E-state index contributed by atoms with van der Waals surface area (Å²) in [4.78, 5) is 22.3. The minimum atomic E-state index is -1.04. The number of halogens is 1. The topological polar surface area (TPSA) is 75.6 Å². The second-order valence-electron chi connectivity index (χ2n) is 4.18. The van der Waals surface area contributed by atoms with Crippen LogP contribution in [0.15, 0.2) is 48.5 Å². The molecule has 2 aromatic carbocycles. The summed E-state index contributed by atoms with van der Waals surface area (Å²) in [6.45, 7) is -0.274. The maximum atomic E-state index is 12.9. The molecule has 2 N–H and O–H groups in total. The molecule has 0 heterocycles. The number of ether oxygens (including phenoxy) is 1. The van der Waals surface area contributed by atoms with Crippen LogP contribution in [0.4, 0.5) is 10.1 Å². The Labute approximate surface area is 120 Å². The molecule has 0 radical (unpaired) electrons. The highest BCUT2D eigenvalue weighted by molar-refractivity contribution is 5.93. The predicted molar refractivity (Wildman–Crippen MR) is 73.9 cm³/mol. The van der Waals surface area contributed by atoms with Crippen LogP contribution < -0.4 is 10.1 Å². The van der Waals surface area contributed by atoms with Crippen molar-refractivity contribution in [1.82, 2.24) is 0 Å². The molecule has 0 aliphatic heterocycles. The lowest BCUT2D eigenvalue weighted by Gasteiger charge is -2.07. The number of carboxylic acid groups (broad SMARTS) is 1. The first-order chi connectivity index (χ1) is 10.0. The lowest BCUT2D eigenvalue weighted by Crippen LogP contribution is -2.20. The van der Waals surface area contributed by atoms with E-state index in [1.807, 2.05) is 0 Å². The molecule has 1 amide bonds. The SMILES string of the molecule is O=C(COc1cccc(F)c1)Nc1ccc(C(=O)O)cc1. The van der Waals surface area contributed by atoms with Crippen LogP contribution in [0, 0.1) is 5.82 Å². The molecule has 108 valence electrons. The van der Waals surface area contributed by atoms with Crippen molar-refractivity contribution in [2.24, 2.45) is 0 Å². The number of amides is 1. The summed E-state index contributed by atoms with van der Waals surface area (Å²) < 4.78 is 18.0. The van der Waals surface area contributed by atoms with E-state index in [0.717, 1.165) is 0 Å². The van der Waals surface area contributed by atoms with E-state index < -0.39 is 17.7 Å². The summed E-state index contributed by atoms with van der Waals surface area (Å²) in [6, 6.07) is 11.2. The summed E-state index contributed by atoms with van der Waals surface area (Å²) in [5.74, 6) is -1.66. The highest BCUT2D eigenvalue weighted by Crippen LogP contribution is 2.12. The zero-order valence-corrected chi connectivity index (χ0v) is 10.9. The van der Waals surface area contributed by atoms with E-state index in [4.69, 9.17) is 9.84 Å². The Balaban J connectivity index is 1.88. The van der Waals surface area contributed by atoms with E-state index >= 15 is 0 Å². The summed E-state index contributed by atoms with van der Waals surface area (Å²) in [6.07, 6.45) is 0. The van der Waals surface area contributed by atoms with E-state index in [9.17, 15) is 14.0 Å². The molecule has 0 unspecified atom stereocenters. The molecule has 0 aliphatic rings. The van der Waals surface area contributed by atoms with Gasteiger partial charge in [-0.3, -0.25) is 4.79 Å². The van der Waals surface area contributed by atoms with Gasteiger partial charge in [-0.2, -0.15) is 0 Å². The Morgan fingerprint density at radius 3 is 2.48 bits per heavy atom. The molecule has 0 saturated carbocycles. The van der Waals surface area contributed by atoms with Gasteiger partial charge in [0.15, 0.2) is 6.61 Å². The number of hydrogen-bond acceptors (Lipinski definition) is 3. The maximum absolute atomic E-state index is 12.9. The molecule has 0 aliphatic carbocycles. The maximum Gasteiger partial charge on any atom is 0.335 e. The molecule has 21 heavy (non-hydrogen) atoms. The van der Waals surface area contributed by atoms with Crippen LogP contribution in [0.1, 0.15) is 10.4 Å². The quantitative estimate of drug-likeness (QED) is 0.887. The standard InChI is InChI=1S/C15H12FNO4/c16-11-2-1-3-13(8-11)21-9-14(18)17-12-6-4-10(5-7-12)15(19)20/h1-8H,9H2,(H,17,18)(H,19,20). The zero-order chi connectivity index (χ0) is 15.2. The zero-order valence-electron chi connectivity index (χ0n) is 10.9. The number of benzene rings is 2. The van der Waals surface area contributed by atoms with Gasteiger partial charge in [0, 0.05) is 11.8 Å². The lowest BCUT2D eigenvalue weighted by molar-refractivity contribution is -0.118. The number of anilines is 1. The van der Waals surface area contributed by atoms with Crippen LogP contribution in [0.5, 0.6) is 5.75 Å². The van der Waals surface area contributed by atoms with Crippen LogP contribution in [0.25, 0.3) is 0 Å². The Bertz CT molecular complexity index is 655. The van der Waals surface area contributed by atoms with Crippen molar-refractivity contribution in [2.75, 3.05) is 11.9 Å². The number of carbonyl (C=O) groups excluding carboxylic acids is 1. The van der Waals surface area contributed by atoms with Crippen molar-refractivity contribution < 1.29 is 23.8 Å². The molecule has 0 bridgehead atoms. The molecule has 0 fully saturated rings. The van der Waals surface area contributed by atoms with Gasteiger partial charge in [0.25, 0.3) is 5.91 Å². The number of aromatic carboxylic acids is 1. The lowest BCUT2D eigenvalue weighted by atomic mass is 10.2. The fraction of sp³-hybridized carbons (Fsp3) is 0.0667. The van der Waals surface area contributed by atoms with Crippen molar-refractivity contribution in [2.45, 2.75) is 0 Å². The molecule has 0 spiro atoms. The smallest absolute Gasteiger partial charge is 0.335 e. The Kier molecular flexibility index (Phi) is 4.50. The van der Waals surface area contributed by atoms with Crippen LogP contribution in [-0.4, -0.2) is 23.6 Å². The monoisotopic (exact) mass is 289 g/mol. The van der Waals surface area contributed by atoms with E-state index in [-0.39, 0.29) is 17.9 Å². The third-order valence-electron chi connectivity index (χ3n) is 2.58. The van der Waals surface area contributed by atoms with Gasteiger partial charge in [-0.15, -0.1) is 0 Å². The van der Waals surface area contributed by atoms with Crippen LogP contribution in [0.2, 0.25) is 0 Å². The van der Waals surface area contributed by atoms with Gasteiger partial charge in [0.05, 0.1) is 5.56 Å². The van der Waals surface area contributed by atoms with Crippen molar-refractivity contribution in [3.8, 4) is 5.75 Å². The average Bonchev–Trinajstić information content (AvgIpc) is 2.46. The molecule has 2 aromatic rings. The summed E-state index contributed by atoms with van der Waals surface area (Å²) >= 11 is 0. The van der Waals surface area contributed by atoms with E-state index in [0.29, 0.717) is 5.69 Å². The van der Waals surface area contributed by atoms with Gasteiger partial charge >= 0.3 is 5.97 Å². The molecule has 6 heteroatoms. The first kappa shape index (κ1) is 14.5. The average molecular weight is 289 g/mol. The van der Waals surface area contributed by atoms with Gasteiger partial charge in [-0.05, 0) is 36.4 Å². The Morgan fingerprint density at radius 1 is 1.14 bits per heavy atom. The van der Waals surface area contributed by atoms with E-state index in [1.165, 1.54) is 48.5 Å². The molecular weight excluding hydrogens is 277 g/mol. The predicted octanol–water partition coefficient (Wildman–Crippen LogP) is 2.54. The summed E-state index contributed by atoms with van der Waals surface area (Å²) in [7, 11) is 0. The van der Waals surface area contributed by atoms with Crippen LogP contribution in [0.3, 0.4) is 0 Å². The number of hydrogen-bond donors (Lipinski definition) is 2. The number of nitrogens with one attached hydrogen (secondary N) is 1. The summed E-state index contributed by atoms with van der Waals surface area (Å²) in [5.41, 5.74) is 0.580. The third kappa shape index (κ3) is 4.31. The van der Waals surface area contributed by atoms with Gasteiger partial charge in [-0.1, -0.05) is 6.07 Å². The fourth-order valence-corrected chi connectivity index (χ4v) is 1.60. The molecular formula is C15H12FNO4. The third-order valence-corrected chi connectivity index (χ3v) is 2.58. The van der Waals surface area contributed by atoms with Crippen molar-refractivity contribution in [1.29, 1.82) is 0 Å². The fourth-order valence-electron chi connectivity index (χ4n) is 1.60. The number of carboxylic acids is 1. The molecule has 0 atom stereocenters. The molecule has 0 saturated heterocycles. The van der Waals surface area contributed by atoms with Gasteiger partial charge in [0.1, 0.15) is 11.6 Å². The summed E-state index contributed by atoms with van der Waals surface area (Å²) in [5, 5.41) is 11.3. The molecule has 0 aromatic heterocycles.